The van der Waals surface area contributed by atoms with Gasteiger partial charge in [-0.1, -0.05) is 27.9 Å². The van der Waals surface area contributed by atoms with Crippen LogP contribution in [-0.2, 0) is 5.75 Å². The van der Waals surface area contributed by atoms with E-state index in [-0.39, 0.29) is 0 Å². The van der Waals surface area contributed by atoms with E-state index in [1.807, 2.05) is 6.92 Å². The summed E-state index contributed by atoms with van der Waals surface area (Å²) in [6.07, 6.45) is 3.58. The van der Waals surface area contributed by atoms with Crippen LogP contribution < -0.4 is 0 Å². The Balaban J connectivity index is 1.99. The third-order valence-corrected chi connectivity index (χ3v) is 3.48. The van der Waals surface area contributed by atoms with Crippen LogP contribution in [0.25, 0.3) is 0 Å². The molecule has 0 aliphatic rings. The van der Waals surface area contributed by atoms with E-state index in [0.717, 1.165) is 16.4 Å². The first kappa shape index (κ1) is 10.8. The summed E-state index contributed by atoms with van der Waals surface area (Å²) in [5.41, 5.74) is 1.84. The minimum Gasteiger partial charge on any atom is -0.231 e. The van der Waals surface area contributed by atoms with E-state index in [4.69, 9.17) is 11.6 Å². The molecule has 0 saturated carbocycles. The Morgan fingerprint density at radius 2 is 2.13 bits per heavy atom. The Morgan fingerprint density at radius 1 is 1.40 bits per heavy atom. The summed E-state index contributed by atoms with van der Waals surface area (Å²) in [7, 11) is 0. The summed E-state index contributed by atoms with van der Waals surface area (Å²) in [5, 5.41) is 4.64. The monoisotopic (exact) mass is 258 g/mol. The van der Waals surface area contributed by atoms with Crippen molar-refractivity contribution in [1.29, 1.82) is 0 Å². The van der Waals surface area contributed by atoms with Crippen LogP contribution in [0, 0.1) is 6.92 Å². The molecular formula is C8H7ClN4S2. The van der Waals surface area contributed by atoms with E-state index in [9.17, 15) is 0 Å². The molecule has 4 nitrogen and oxygen atoms in total. The van der Waals surface area contributed by atoms with Crippen molar-refractivity contribution in [2.75, 3.05) is 0 Å². The predicted molar refractivity (Wildman–Crippen MR) is 61.2 cm³/mol. The van der Waals surface area contributed by atoms with Crippen LogP contribution in [0.15, 0.2) is 17.6 Å². The molecule has 2 aromatic rings. The van der Waals surface area contributed by atoms with Gasteiger partial charge in [0.15, 0.2) is 5.16 Å². The SMILES string of the molecule is Cc1cnc(SCc2nnsc2Cl)nc1. The fourth-order valence-corrected chi connectivity index (χ4v) is 2.39. The molecule has 0 unspecified atom stereocenters. The van der Waals surface area contributed by atoms with Gasteiger partial charge in [-0.15, -0.1) is 5.10 Å². The fraction of sp³-hybridized carbons (Fsp3) is 0.250. The highest BCUT2D eigenvalue weighted by Crippen LogP contribution is 2.24. The van der Waals surface area contributed by atoms with Crippen LogP contribution in [0.2, 0.25) is 4.34 Å². The molecule has 0 N–H and O–H groups in total. The lowest BCUT2D eigenvalue weighted by molar-refractivity contribution is 0.947. The molecule has 0 atom stereocenters. The van der Waals surface area contributed by atoms with Gasteiger partial charge in [0.25, 0.3) is 0 Å². The van der Waals surface area contributed by atoms with E-state index in [1.54, 1.807) is 12.4 Å². The summed E-state index contributed by atoms with van der Waals surface area (Å²) in [4.78, 5) is 8.34. The summed E-state index contributed by atoms with van der Waals surface area (Å²) < 4.78 is 4.39. The molecule has 7 heteroatoms. The van der Waals surface area contributed by atoms with Crippen LogP contribution in [0.4, 0.5) is 0 Å². The van der Waals surface area contributed by atoms with Crippen molar-refractivity contribution in [2.24, 2.45) is 0 Å². The molecule has 0 fully saturated rings. The van der Waals surface area contributed by atoms with E-state index >= 15 is 0 Å². The van der Waals surface area contributed by atoms with Gasteiger partial charge >= 0.3 is 0 Å². The van der Waals surface area contributed by atoms with Crippen molar-refractivity contribution in [3.8, 4) is 0 Å². The number of aryl methyl sites for hydroxylation is 1. The highest BCUT2D eigenvalue weighted by Gasteiger charge is 2.06. The smallest absolute Gasteiger partial charge is 0.187 e. The second-order valence-corrected chi connectivity index (χ2v) is 5.12. The van der Waals surface area contributed by atoms with Crippen molar-refractivity contribution in [3.05, 3.63) is 28.0 Å². The zero-order chi connectivity index (χ0) is 10.7. The zero-order valence-electron chi connectivity index (χ0n) is 7.85. The molecule has 0 aliphatic heterocycles. The average molecular weight is 259 g/mol. The first-order valence-electron chi connectivity index (χ1n) is 4.14. The zero-order valence-corrected chi connectivity index (χ0v) is 10.2. The highest BCUT2D eigenvalue weighted by molar-refractivity contribution is 7.98. The van der Waals surface area contributed by atoms with Gasteiger partial charge in [-0.2, -0.15) is 0 Å². The van der Waals surface area contributed by atoms with Gasteiger partial charge in [0.1, 0.15) is 10.0 Å². The number of rotatable bonds is 3. The molecule has 2 aromatic heterocycles. The molecular weight excluding hydrogens is 252 g/mol. The molecule has 0 bridgehead atoms. The molecule has 0 aliphatic carbocycles. The largest absolute Gasteiger partial charge is 0.231 e. The normalized spacial score (nSPS) is 10.5. The summed E-state index contributed by atoms with van der Waals surface area (Å²) in [6.45, 7) is 1.95. The number of halogens is 1. The second-order valence-electron chi connectivity index (χ2n) is 2.82. The molecule has 0 saturated heterocycles. The van der Waals surface area contributed by atoms with E-state index in [1.165, 1.54) is 23.3 Å². The molecule has 0 aromatic carbocycles. The van der Waals surface area contributed by atoms with Crippen LogP contribution in [0.3, 0.4) is 0 Å². The minimum absolute atomic E-state index is 0.634. The number of thioether (sulfide) groups is 1. The fourth-order valence-electron chi connectivity index (χ4n) is 0.871. The van der Waals surface area contributed by atoms with Crippen molar-refractivity contribution < 1.29 is 0 Å². The van der Waals surface area contributed by atoms with Crippen LogP contribution >= 0.6 is 34.9 Å². The molecule has 15 heavy (non-hydrogen) atoms. The van der Waals surface area contributed by atoms with Crippen LogP contribution in [-0.4, -0.2) is 19.6 Å². The van der Waals surface area contributed by atoms with E-state index in [2.05, 4.69) is 19.6 Å². The lowest BCUT2D eigenvalue weighted by atomic mass is 10.4. The Hall–Kier alpha value is -0.720. The third kappa shape index (κ3) is 2.87. The van der Waals surface area contributed by atoms with Crippen molar-refractivity contribution >= 4 is 34.9 Å². The van der Waals surface area contributed by atoms with E-state index in [0.29, 0.717) is 10.1 Å². The van der Waals surface area contributed by atoms with E-state index < -0.39 is 0 Å². The van der Waals surface area contributed by atoms with Gasteiger partial charge in [-0.3, -0.25) is 0 Å². The molecule has 0 radical (unpaired) electrons. The quantitative estimate of drug-likeness (QED) is 0.626. The Labute approximate surface area is 100 Å². The highest BCUT2D eigenvalue weighted by atomic mass is 35.5. The standard InChI is InChI=1S/C8H7ClN4S2/c1-5-2-10-8(11-3-5)14-4-6-7(9)15-13-12-6/h2-3H,4H2,1H3. The van der Waals surface area contributed by atoms with Gasteiger partial charge in [-0.25, -0.2) is 9.97 Å². The maximum Gasteiger partial charge on any atom is 0.187 e. The third-order valence-electron chi connectivity index (χ3n) is 1.60. The summed E-state index contributed by atoms with van der Waals surface area (Å²) >= 11 is 8.56. The lowest BCUT2D eigenvalue weighted by Gasteiger charge is -1.97. The van der Waals surface area contributed by atoms with Crippen molar-refractivity contribution in [1.82, 2.24) is 19.6 Å². The maximum absolute atomic E-state index is 5.87. The summed E-state index contributed by atoms with van der Waals surface area (Å²) in [5.74, 6) is 0.651. The molecule has 78 valence electrons. The first-order valence-corrected chi connectivity index (χ1v) is 6.27. The number of hydrogen-bond donors (Lipinski definition) is 0. The number of aromatic nitrogens is 4. The van der Waals surface area contributed by atoms with Crippen LogP contribution in [0.1, 0.15) is 11.3 Å². The number of nitrogens with zero attached hydrogens (tertiary/aromatic N) is 4. The van der Waals surface area contributed by atoms with Gasteiger partial charge in [0.2, 0.25) is 0 Å². The van der Waals surface area contributed by atoms with Gasteiger partial charge in [0.05, 0.1) is 0 Å². The van der Waals surface area contributed by atoms with Crippen molar-refractivity contribution in [3.63, 3.8) is 0 Å². The first-order chi connectivity index (χ1) is 7.25. The number of hydrogen-bond acceptors (Lipinski definition) is 6. The predicted octanol–water partition coefficient (Wildman–Crippen LogP) is 2.58. The van der Waals surface area contributed by atoms with Crippen LogP contribution in [0.5, 0.6) is 0 Å². The molecule has 0 amide bonds. The van der Waals surface area contributed by atoms with Gasteiger partial charge < -0.3 is 0 Å². The lowest BCUT2D eigenvalue weighted by Crippen LogP contribution is -1.88. The minimum atomic E-state index is 0.634. The molecule has 0 spiro atoms. The second kappa shape index (κ2) is 4.87. The Bertz CT molecular complexity index is 442. The summed E-state index contributed by atoms with van der Waals surface area (Å²) in [6, 6.07) is 0. The topological polar surface area (TPSA) is 51.6 Å². The Kier molecular flexibility index (Phi) is 3.50. The van der Waals surface area contributed by atoms with Crippen molar-refractivity contribution in [2.45, 2.75) is 17.8 Å². The molecule has 2 heterocycles. The molecule has 2 rings (SSSR count). The average Bonchev–Trinajstić information content (AvgIpc) is 2.63. The van der Waals surface area contributed by atoms with Gasteiger partial charge in [0, 0.05) is 29.7 Å². The Morgan fingerprint density at radius 3 is 2.73 bits per heavy atom. The maximum atomic E-state index is 5.87. The van der Waals surface area contributed by atoms with Gasteiger partial charge in [-0.05, 0) is 12.5 Å².